The highest BCUT2D eigenvalue weighted by Gasteiger charge is 2.11. The summed E-state index contributed by atoms with van der Waals surface area (Å²) in [4.78, 5) is 12.3. The first kappa shape index (κ1) is 14.8. The van der Waals surface area contributed by atoms with Crippen molar-refractivity contribution in [2.75, 3.05) is 10.7 Å². The van der Waals surface area contributed by atoms with Crippen LogP contribution in [-0.4, -0.2) is 11.6 Å². The van der Waals surface area contributed by atoms with Gasteiger partial charge in [0.05, 0.1) is 11.3 Å². The molecule has 0 saturated carbocycles. The fraction of sp³-hybridized carbons (Fsp3) is 0. The molecule has 0 atom stereocenters. The maximum absolute atomic E-state index is 12.3. The number of hydrazone groups is 1. The highest BCUT2D eigenvalue weighted by atomic mass is 16.1. The Morgan fingerprint density at radius 1 is 0.955 bits per heavy atom. The molecular weight excluding hydrogens is 278 g/mol. The van der Waals surface area contributed by atoms with E-state index in [9.17, 15) is 4.79 Å². The molecule has 6 nitrogen and oxygen atoms in total. The van der Waals surface area contributed by atoms with Crippen molar-refractivity contribution in [1.82, 2.24) is 0 Å². The molecule has 0 saturated heterocycles. The van der Waals surface area contributed by atoms with Crippen molar-refractivity contribution in [3.63, 3.8) is 0 Å². The van der Waals surface area contributed by atoms with Crippen LogP contribution in [0.25, 0.3) is 0 Å². The smallest absolute Gasteiger partial charge is 0.257 e. The number of hydrogen-bond acceptors (Lipinski definition) is 5. The lowest BCUT2D eigenvalue weighted by Crippen LogP contribution is -2.14. The lowest BCUT2D eigenvalue weighted by atomic mass is 10.1. The van der Waals surface area contributed by atoms with Crippen molar-refractivity contribution in [2.24, 2.45) is 5.10 Å². The molecule has 2 rings (SSSR count). The average Bonchev–Trinajstić information content (AvgIpc) is 2.57. The number of nitriles is 2. The van der Waals surface area contributed by atoms with E-state index in [2.05, 4.69) is 15.8 Å². The van der Waals surface area contributed by atoms with Gasteiger partial charge in [-0.05, 0) is 24.3 Å². The first-order valence-electron chi connectivity index (χ1n) is 6.34. The predicted octanol–water partition coefficient (Wildman–Crippen LogP) is 2.75. The van der Waals surface area contributed by atoms with E-state index < -0.39 is 0 Å². The lowest BCUT2D eigenvalue weighted by Gasteiger charge is -2.09. The summed E-state index contributed by atoms with van der Waals surface area (Å²) >= 11 is 0. The number of carbonyl (C=O) groups excluding carboxylic acids is 1. The summed E-state index contributed by atoms with van der Waals surface area (Å²) in [6.45, 7) is 0. The van der Waals surface area contributed by atoms with Gasteiger partial charge in [0.15, 0.2) is 0 Å². The van der Waals surface area contributed by atoms with Gasteiger partial charge in [-0.15, -0.1) is 0 Å². The molecule has 0 aliphatic heterocycles. The van der Waals surface area contributed by atoms with Crippen LogP contribution in [0.1, 0.15) is 10.4 Å². The van der Waals surface area contributed by atoms with Crippen LogP contribution in [0.15, 0.2) is 59.7 Å². The van der Waals surface area contributed by atoms with E-state index in [4.69, 9.17) is 10.5 Å². The normalized spacial score (nSPS) is 9.00. The van der Waals surface area contributed by atoms with Crippen LogP contribution in [0.4, 0.5) is 11.4 Å². The van der Waals surface area contributed by atoms with Crippen LogP contribution in [0.5, 0.6) is 0 Å². The van der Waals surface area contributed by atoms with Crippen LogP contribution in [0.3, 0.4) is 0 Å². The number of anilines is 2. The van der Waals surface area contributed by atoms with Gasteiger partial charge in [0.25, 0.3) is 5.91 Å². The van der Waals surface area contributed by atoms with E-state index in [1.807, 2.05) is 18.2 Å². The fourth-order valence-electron chi connectivity index (χ4n) is 1.69. The molecule has 2 N–H and O–H groups in total. The molecule has 0 aromatic heterocycles. The van der Waals surface area contributed by atoms with E-state index >= 15 is 0 Å². The highest BCUT2D eigenvalue weighted by molar-refractivity contribution is 6.11. The van der Waals surface area contributed by atoms with Gasteiger partial charge in [-0.1, -0.05) is 30.3 Å². The molecule has 1 amide bonds. The van der Waals surface area contributed by atoms with Crippen LogP contribution < -0.4 is 10.7 Å². The first-order valence-corrected chi connectivity index (χ1v) is 6.34. The molecule has 106 valence electrons. The second-order valence-electron chi connectivity index (χ2n) is 4.16. The van der Waals surface area contributed by atoms with E-state index in [1.165, 1.54) is 0 Å². The van der Waals surface area contributed by atoms with Gasteiger partial charge >= 0.3 is 0 Å². The molecule has 22 heavy (non-hydrogen) atoms. The monoisotopic (exact) mass is 289 g/mol. The molecule has 0 aliphatic rings. The summed E-state index contributed by atoms with van der Waals surface area (Å²) in [6.07, 6.45) is 0. The summed E-state index contributed by atoms with van der Waals surface area (Å²) in [5.41, 5.74) is 3.66. The Hall–Kier alpha value is -3.64. The van der Waals surface area contributed by atoms with Crippen LogP contribution in [-0.2, 0) is 0 Å². The third-order valence-electron chi connectivity index (χ3n) is 2.70. The van der Waals surface area contributed by atoms with Crippen molar-refractivity contribution >= 4 is 23.0 Å². The third-order valence-corrected chi connectivity index (χ3v) is 2.70. The van der Waals surface area contributed by atoms with Gasteiger partial charge in [0, 0.05) is 5.69 Å². The minimum atomic E-state index is -0.321. The Kier molecular flexibility index (Phi) is 4.85. The van der Waals surface area contributed by atoms with E-state index in [1.54, 1.807) is 48.5 Å². The van der Waals surface area contributed by atoms with Crippen molar-refractivity contribution in [1.29, 1.82) is 10.5 Å². The van der Waals surface area contributed by atoms with Gasteiger partial charge < -0.3 is 5.32 Å². The number of hydrogen-bond donors (Lipinski definition) is 2. The standard InChI is InChI=1S/C16H11N5O/c17-10-13(11-18)20-21-15-9-5-4-8-14(15)16(22)19-12-6-2-1-3-7-12/h1-9,21H,(H,19,22). The zero-order chi connectivity index (χ0) is 15.8. The third kappa shape index (κ3) is 3.69. The molecular formula is C16H11N5O. The molecule has 0 fully saturated rings. The zero-order valence-corrected chi connectivity index (χ0v) is 11.4. The number of nitrogens with zero attached hydrogens (tertiary/aromatic N) is 3. The Morgan fingerprint density at radius 3 is 2.27 bits per heavy atom. The average molecular weight is 289 g/mol. The SMILES string of the molecule is N#CC(C#N)=NNc1ccccc1C(=O)Nc1ccccc1. The predicted molar refractivity (Wildman–Crippen MR) is 83.1 cm³/mol. The number of rotatable bonds is 4. The first-order chi connectivity index (χ1) is 10.7. The zero-order valence-electron chi connectivity index (χ0n) is 11.4. The molecule has 0 bridgehead atoms. The summed E-state index contributed by atoms with van der Waals surface area (Å²) in [6, 6.07) is 19.0. The Bertz CT molecular complexity index is 768. The van der Waals surface area contributed by atoms with Crippen molar-refractivity contribution in [2.45, 2.75) is 0 Å². The maximum Gasteiger partial charge on any atom is 0.257 e. The minimum absolute atomic E-state index is 0.319. The summed E-state index contributed by atoms with van der Waals surface area (Å²) < 4.78 is 0. The summed E-state index contributed by atoms with van der Waals surface area (Å²) in [5.74, 6) is -0.319. The van der Waals surface area contributed by atoms with E-state index in [-0.39, 0.29) is 11.6 Å². The Morgan fingerprint density at radius 2 is 1.59 bits per heavy atom. The van der Waals surface area contributed by atoms with E-state index in [0.29, 0.717) is 16.9 Å². The molecule has 0 aliphatic carbocycles. The Balaban J connectivity index is 2.22. The molecule has 0 unspecified atom stereocenters. The molecule has 6 heteroatoms. The van der Waals surface area contributed by atoms with Gasteiger partial charge in [0.2, 0.25) is 5.71 Å². The summed E-state index contributed by atoms with van der Waals surface area (Å²) in [5, 5.41) is 23.7. The topological polar surface area (TPSA) is 101 Å². The van der Waals surface area contributed by atoms with Gasteiger partial charge in [-0.25, -0.2) is 0 Å². The number of benzene rings is 2. The molecule has 2 aromatic carbocycles. The van der Waals surface area contributed by atoms with Gasteiger partial charge in [0.1, 0.15) is 12.1 Å². The number of nitrogens with one attached hydrogen (secondary N) is 2. The molecule has 0 spiro atoms. The fourth-order valence-corrected chi connectivity index (χ4v) is 1.69. The maximum atomic E-state index is 12.3. The second-order valence-corrected chi connectivity index (χ2v) is 4.16. The molecule has 0 radical (unpaired) electrons. The van der Waals surface area contributed by atoms with E-state index in [0.717, 1.165) is 0 Å². The number of carbonyl (C=O) groups is 1. The van der Waals surface area contributed by atoms with Crippen LogP contribution >= 0.6 is 0 Å². The second kappa shape index (κ2) is 7.22. The number of para-hydroxylation sites is 2. The number of amides is 1. The van der Waals surface area contributed by atoms with Gasteiger partial charge in [-0.3, -0.25) is 10.2 Å². The van der Waals surface area contributed by atoms with Gasteiger partial charge in [-0.2, -0.15) is 15.6 Å². The van der Waals surface area contributed by atoms with Crippen LogP contribution in [0.2, 0.25) is 0 Å². The quantitative estimate of drug-likeness (QED) is 0.667. The van der Waals surface area contributed by atoms with Crippen molar-refractivity contribution in [3.05, 3.63) is 60.2 Å². The highest BCUT2D eigenvalue weighted by Crippen LogP contribution is 2.17. The minimum Gasteiger partial charge on any atom is -0.322 e. The molecule has 0 heterocycles. The summed E-state index contributed by atoms with van der Waals surface area (Å²) in [7, 11) is 0. The lowest BCUT2D eigenvalue weighted by molar-refractivity contribution is 0.102. The van der Waals surface area contributed by atoms with Crippen molar-refractivity contribution in [3.8, 4) is 12.1 Å². The van der Waals surface area contributed by atoms with Crippen molar-refractivity contribution < 1.29 is 4.79 Å². The van der Waals surface area contributed by atoms with Crippen LogP contribution in [0, 0.1) is 22.7 Å². The Labute approximate surface area is 127 Å². The largest absolute Gasteiger partial charge is 0.322 e. The molecule has 2 aromatic rings.